The number of H-pyrrole nitrogens is 2. The van der Waals surface area contributed by atoms with E-state index in [0.717, 1.165) is 44.7 Å². The van der Waals surface area contributed by atoms with Crippen molar-refractivity contribution in [1.82, 2.24) is 9.97 Å². The lowest BCUT2D eigenvalue weighted by Gasteiger charge is -2.28. The van der Waals surface area contributed by atoms with Crippen LogP contribution in [0.2, 0.25) is 0 Å². The van der Waals surface area contributed by atoms with Gasteiger partial charge in [0, 0.05) is 52.9 Å². The lowest BCUT2D eigenvalue weighted by molar-refractivity contribution is -0.120. The molecule has 2 aromatic heterocycles. The second-order valence-corrected chi connectivity index (χ2v) is 7.33. The molecule has 1 amide bonds. The van der Waals surface area contributed by atoms with Gasteiger partial charge in [-0.15, -0.1) is 0 Å². The Morgan fingerprint density at radius 1 is 1.04 bits per heavy atom. The number of fused-ring (bicyclic) bond motifs is 2. The van der Waals surface area contributed by atoms with Crippen LogP contribution in [0.4, 0.5) is 5.69 Å². The predicted molar refractivity (Wildman–Crippen MR) is 110 cm³/mol. The first-order valence-corrected chi connectivity index (χ1v) is 9.26. The smallest absolute Gasteiger partial charge is 0.248 e. The molecule has 0 bridgehead atoms. The molecule has 1 atom stereocenters. The normalized spacial score (nSPS) is 18.7. The molecule has 2 aromatic carbocycles. The third kappa shape index (κ3) is 1.99. The van der Waals surface area contributed by atoms with E-state index in [1.807, 2.05) is 49.8 Å². The van der Waals surface area contributed by atoms with Crippen molar-refractivity contribution in [3.8, 4) is 5.75 Å². The van der Waals surface area contributed by atoms with Gasteiger partial charge < -0.3 is 19.6 Å². The number of carbonyl (C=O) groups is 1. The van der Waals surface area contributed by atoms with Crippen LogP contribution in [-0.2, 0) is 10.2 Å². The number of likely N-dealkylation sites (N-methyl/N-ethyl adjacent to an activating group) is 1. The summed E-state index contributed by atoms with van der Waals surface area (Å²) in [6.45, 7) is 2.07. The summed E-state index contributed by atoms with van der Waals surface area (Å²) in [5.74, 6) is 0.745. The highest BCUT2D eigenvalue weighted by atomic mass is 16.5. The zero-order valence-electron chi connectivity index (χ0n) is 16.0. The number of hydrogen-bond donors (Lipinski definition) is 2. The van der Waals surface area contributed by atoms with Crippen LogP contribution in [0.3, 0.4) is 0 Å². The number of ether oxygens (including phenoxy) is 1. The number of benzene rings is 2. The lowest BCUT2D eigenvalue weighted by Crippen LogP contribution is -2.40. The Kier molecular flexibility index (Phi) is 3.43. The van der Waals surface area contributed by atoms with E-state index in [4.69, 9.17) is 4.74 Å². The summed E-state index contributed by atoms with van der Waals surface area (Å²) in [5, 5.41) is 1.05. The van der Waals surface area contributed by atoms with Crippen LogP contribution in [0.5, 0.6) is 5.75 Å². The van der Waals surface area contributed by atoms with E-state index in [9.17, 15) is 4.79 Å². The van der Waals surface area contributed by atoms with Gasteiger partial charge in [0.05, 0.1) is 7.11 Å². The van der Waals surface area contributed by atoms with Crippen molar-refractivity contribution in [1.29, 1.82) is 0 Å². The fourth-order valence-electron chi connectivity index (χ4n) is 4.49. The molecule has 0 unspecified atom stereocenters. The van der Waals surface area contributed by atoms with Crippen molar-refractivity contribution in [3.05, 3.63) is 83.3 Å². The van der Waals surface area contributed by atoms with Crippen molar-refractivity contribution in [3.63, 3.8) is 0 Å². The zero-order valence-corrected chi connectivity index (χ0v) is 16.0. The van der Waals surface area contributed by atoms with Crippen LogP contribution < -0.4 is 9.64 Å². The van der Waals surface area contributed by atoms with Crippen molar-refractivity contribution in [2.45, 2.75) is 12.3 Å². The predicted octanol–water partition coefficient (Wildman–Crippen LogP) is 4.12. The minimum Gasteiger partial charge on any atom is -0.497 e. The number of rotatable bonds is 3. The average Bonchev–Trinajstić information content (AvgIpc) is 3.42. The van der Waals surface area contributed by atoms with Gasteiger partial charge in [-0.05, 0) is 49.4 Å². The number of hydrogen-bond acceptors (Lipinski definition) is 2. The van der Waals surface area contributed by atoms with Gasteiger partial charge in [0.1, 0.15) is 11.2 Å². The molecule has 28 heavy (non-hydrogen) atoms. The van der Waals surface area contributed by atoms with Crippen LogP contribution in [0.25, 0.3) is 10.9 Å². The van der Waals surface area contributed by atoms with E-state index >= 15 is 0 Å². The molecule has 0 saturated carbocycles. The molecule has 3 heterocycles. The van der Waals surface area contributed by atoms with Gasteiger partial charge in [-0.25, -0.2) is 0 Å². The molecule has 1 aliphatic heterocycles. The molecule has 5 heteroatoms. The number of methoxy groups -OCH3 is 1. The summed E-state index contributed by atoms with van der Waals surface area (Å²) in [4.78, 5) is 22.3. The highest BCUT2D eigenvalue weighted by molar-refractivity contribution is 6.14. The fourth-order valence-corrected chi connectivity index (χ4v) is 4.49. The number of aromatic nitrogens is 2. The Labute approximate surface area is 162 Å². The van der Waals surface area contributed by atoms with E-state index in [-0.39, 0.29) is 5.91 Å². The summed E-state index contributed by atoms with van der Waals surface area (Å²) >= 11 is 0. The number of nitrogens with one attached hydrogen (secondary N) is 2. The van der Waals surface area contributed by atoms with Gasteiger partial charge in [-0.2, -0.15) is 0 Å². The van der Waals surface area contributed by atoms with Crippen LogP contribution in [0.1, 0.15) is 22.4 Å². The summed E-state index contributed by atoms with van der Waals surface area (Å²) in [7, 11) is 3.48. The van der Waals surface area contributed by atoms with Crippen molar-refractivity contribution in [2.24, 2.45) is 0 Å². The molecule has 0 fully saturated rings. The topological polar surface area (TPSA) is 61.1 Å². The van der Waals surface area contributed by atoms with Gasteiger partial charge in [-0.1, -0.05) is 11.6 Å². The maximum absolute atomic E-state index is 13.9. The molecule has 5 nitrogen and oxygen atoms in total. The summed E-state index contributed by atoms with van der Waals surface area (Å²) in [6, 6.07) is 16.0. The van der Waals surface area contributed by atoms with Gasteiger partial charge in [0.25, 0.3) is 0 Å². The summed E-state index contributed by atoms with van der Waals surface area (Å²) < 4.78 is 5.50. The second-order valence-electron chi connectivity index (χ2n) is 7.33. The summed E-state index contributed by atoms with van der Waals surface area (Å²) in [6.07, 6.45) is 3.83. The molecule has 1 aliphatic rings. The first-order chi connectivity index (χ1) is 13.6. The van der Waals surface area contributed by atoms with Gasteiger partial charge in [-0.3, -0.25) is 4.79 Å². The molecular weight excluding hydrogens is 350 g/mol. The van der Waals surface area contributed by atoms with Gasteiger partial charge >= 0.3 is 0 Å². The first-order valence-electron chi connectivity index (χ1n) is 9.26. The van der Waals surface area contributed by atoms with Crippen LogP contribution in [0, 0.1) is 6.92 Å². The van der Waals surface area contributed by atoms with Gasteiger partial charge in [0.15, 0.2) is 0 Å². The largest absolute Gasteiger partial charge is 0.497 e. The minimum absolute atomic E-state index is 0.0145. The quantitative estimate of drug-likeness (QED) is 0.569. The molecule has 2 N–H and O–H groups in total. The van der Waals surface area contributed by atoms with Crippen molar-refractivity contribution >= 4 is 22.5 Å². The highest BCUT2D eigenvalue weighted by Crippen LogP contribution is 2.52. The number of aromatic amines is 2. The van der Waals surface area contributed by atoms with Crippen LogP contribution in [-0.4, -0.2) is 30.0 Å². The Morgan fingerprint density at radius 2 is 1.89 bits per heavy atom. The van der Waals surface area contributed by atoms with Crippen molar-refractivity contribution < 1.29 is 9.53 Å². The maximum atomic E-state index is 13.9. The standard InChI is InChI=1S/C23H21N3O2/c1-14-6-8-19-16(11-14)18(13-25-19)23(21-5-4-10-24-21)17-12-15(28-3)7-9-20(17)26(2)22(23)27/h4-13,24-25H,1-3H3/t23-/m0/s1. The molecular formula is C23H21N3O2. The molecule has 0 spiro atoms. The third-order valence-electron chi connectivity index (χ3n) is 5.84. The lowest BCUT2D eigenvalue weighted by atomic mass is 9.72. The van der Waals surface area contributed by atoms with E-state index in [1.165, 1.54) is 0 Å². The fraction of sp³-hybridized carbons (Fsp3) is 0.174. The van der Waals surface area contributed by atoms with E-state index in [2.05, 4.69) is 35.1 Å². The number of carbonyl (C=O) groups excluding carboxylic acids is 1. The second kappa shape index (κ2) is 5.76. The third-order valence-corrected chi connectivity index (χ3v) is 5.84. The number of aryl methyl sites for hydroxylation is 1. The Morgan fingerprint density at radius 3 is 2.64 bits per heavy atom. The van der Waals surface area contributed by atoms with Crippen LogP contribution >= 0.6 is 0 Å². The summed E-state index contributed by atoms with van der Waals surface area (Å²) in [5.41, 5.74) is 4.80. The molecule has 0 radical (unpaired) electrons. The SMILES string of the molecule is COc1ccc2c(c1)[C@@](c1ccc[nH]1)(c1c[nH]c3ccc(C)cc13)C(=O)N2C. The Bertz CT molecular complexity index is 1210. The maximum Gasteiger partial charge on any atom is 0.248 e. The average molecular weight is 371 g/mol. The Hall–Kier alpha value is -3.47. The minimum atomic E-state index is -0.964. The monoisotopic (exact) mass is 371 g/mol. The molecule has 0 saturated heterocycles. The van der Waals surface area contributed by atoms with Crippen molar-refractivity contribution in [2.75, 3.05) is 19.1 Å². The zero-order chi connectivity index (χ0) is 19.5. The number of amides is 1. The molecule has 4 aromatic rings. The molecule has 0 aliphatic carbocycles. The van der Waals surface area contributed by atoms with Crippen LogP contribution in [0.15, 0.2) is 60.9 Å². The number of nitrogens with zero attached hydrogens (tertiary/aromatic N) is 1. The van der Waals surface area contributed by atoms with Gasteiger partial charge in [0.2, 0.25) is 5.91 Å². The van der Waals surface area contributed by atoms with E-state index < -0.39 is 5.41 Å². The highest BCUT2D eigenvalue weighted by Gasteiger charge is 2.54. The molecule has 140 valence electrons. The number of anilines is 1. The Balaban J connectivity index is 1.93. The first kappa shape index (κ1) is 16.7. The van der Waals surface area contributed by atoms with E-state index in [0.29, 0.717) is 0 Å². The van der Waals surface area contributed by atoms with E-state index in [1.54, 1.807) is 12.0 Å². The molecule has 5 rings (SSSR count).